The first-order valence-corrected chi connectivity index (χ1v) is 15.4. The smallest absolute Gasteiger partial charge is 0.443 e. The summed E-state index contributed by atoms with van der Waals surface area (Å²) < 4.78 is 5.49. The van der Waals surface area contributed by atoms with Crippen LogP contribution >= 0.6 is 0 Å². The first-order valence-electron chi connectivity index (χ1n) is 15.4. The number of rotatable bonds is 15. The topological polar surface area (TPSA) is 123 Å². The number of hydroxylamine groups is 2. The van der Waals surface area contributed by atoms with E-state index in [1.54, 1.807) is 17.1 Å². The molecule has 2 amide bonds. The lowest BCUT2D eigenvalue weighted by Gasteiger charge is -2.40. The van der Waals surface area contributed by atoms with E-state index in [-0.39, 0.29) is 24.7 Å². The minimum atomic E-state index is -0.704. The lowest BCUT2D eigenvalue weighted by atomic mass is 10.1. The number of fused-ring (bicyclic) bond motifs is 1. The minimum Gasteiger partial charge on any atom is -0.447 e. The second kappa shape index (κ2) is 17.6. The number of ether oxygens (including phenoxy) is 1. The van der Waals surface area contributed by atoms with Gasteiger partial charge in [-0.3, -0.25) is 19.9 Å². The third kappa shape index (κ3) is 10.6. The second-order valence-electron chi connectivity index (χ2n) is 10.9. The molecule has 2 heterocycles. The van der Waals surface area contributed by atoms with Crippen molar-refractivity contribution in [2.45, 2.75) is 109 Å². The SMILES string of the molecule is CCCCCCCCCCOC(=O)N(CCCc1ccc([N+](=O)[O-])cc1)OC(=O)C1CCCC(=O)N2CCCCN12. The fraction of sp³-hybridized carbons (Fsp3) is 0.700. The monoisotopic (exact) mass is 574 g/mol. The Morgan fingerprint density at radius 2 is 1.66 bits per heavy atom. The number of nitro groups is 1. The second-order valence-corrected chi connectivity index (χ2v) is 10.9. The molecule has 228 valence electrons. The van der Waals surface area contributed by atoms with Gasteiger partial charge in [0.05, 0.1) is 18.1 Å². The van der Waals surface area contributed by atoms with Crippen molar-refractivity contribution >= 4 is 23.7 Å². The van der Waals surface area contributed by atoms with E-state index in [2.05, 4.69) is 6.92 Å². The van der Waals surface area contributed by atoms with Gasteiger partial charge in [0, 0.05) is 31.6 Å². The normalized spacial score (nSPS) is 17.4. The lowest BCUT2D eigenvalue weighted by Crippen LogP contribution is -2.56. The number of unbranched alkanes of at least 4 members (excludes halogenated alkanes) is 7. The summed E-state index contributed by atoms with van der Waals surface area (Å²) in [5, 5.41) is 15.4. The average molecular weight is 575 g/mol. The number of hydrogen-bond acceptors (Lipinski definition) is 8. The first kappa shape index (κ1) is 32.3. The Kier molecular flexibility index (Phi) is 13.8. The van der Waals surface area contributed by atoms with E-state index in [1.807, 2.05) is 5.01 Å². The van der Waals surface area contributed by atoms with Gasteiger partial charge >= 0.3 is 12.1 Å². The Bertz CT molecular complexity index is 988. The molecule has 1 aromatic rings. The molecular weight excluding hydrogens is 528 g/mol. The van der Waals surface area contributed by atoms with Crippen molar-refractivity contribution in [3.8, 4) is 0 Å². The number of hydrogen-bond donors (Lipinski definition) is 0. The molecule has 0 spiro atoms. The number of benzene rings is 1. The fourth-order valence-electron chi connectivity index (χ4n) is 5.36. The van der Waals surface area contributed by atoms with Gasteiger partial charge in [-0.25, -0.2) is 14.6 Å². The number of non-ortho nitro benzene ring substituents is 1. The number of hydrazine groups is 1. The van der Waals surface area contributed by atoms with Crippen molar-refractivity contribution in [2.24, 2.45) is 0 Å². The highest BCUT2D eigenvalue weighted by Gasteiger charge is 2.39. The Labute approximate surface area is 243 Å². The summed E-state index contributed by atoms with van der Waals surface area (Å²) >= 11 is 0. The molecular formula is C30H46N4O7. The summed E-state index contributed by atoms with van der Waals surface area (Å²) in [5.41, 5.74) is 0.892. The molecule has 2 aliphatic rings. The number of carbonyl (C=O) groups is 3. The molecule has 2 saturated heterocycles. The van der Waals surface area contributed by atoms with Crippen LogP contribution in [0.2, 0.25) is 0 Å². The van der Waals surface area contributed by atoms with Gasteiger partial charge in [0.1, 0.15) is 6.04 Å². The first-order chi connectivity index (χ1) is 19.9. The van der Waals surface area contributed by atoms with Crippen molar-refractivity contribution in [1.82, 2.24) is 15.1 Å². The predicted octanol–water partition coefficient (Wildman–Crippen LogP) is 5.96. The maximum atomic E-state index is 13.4. The van der Waals surface area contributed by atoms with E-state index in [4.69, 9.17) is 9.57 Å². The number of amides is 2. The molecule has 0 saturated carbocycles. The van der Waals surface area contributed by atoms with Crippen LogP contribution in [0.3, 0.4) is 0 Å². The van der Waals surface area contributed by atoms with E-state index in [0.717, 1.165) is 42.7 Å². The quantitative estimate of drug-likeness (QED) is 0.143. The molecule has 41 heavy (non-hydrogen) atoms. The van der Waals surface area contributed by atoms with E-state index in [0.29, 0.717) is 45.2 Å². The Morgan fingerprint density at radius 1 is 0.976 bits per heavy atom. The summed E-state index contributed by atoms with van der Waals surface area (Å²) in [6.07, 6.45) is 12.5. The Hall–Kier alpha value is -3.21. The summed E-state index contributed by atoms with van der Waals surface area (Å²) in [7, 11) is 0. The van der Waals surface area contributed by atoms with Crippen molar-refractivity contribution in [1.29, 1.82) is 0 Å². The number of nitrogens with zero attached hydrogens (tertiary/aromatic N) is 4. The zero-order chi connectivity index (χ0) is 29.5. The molecule has 1 unspecified atom stereocenters. The standard InChI is InChI=1S/C30H46N4O7/c1-2-3-4-5-6-7-8-11-24-40-30(37)33(23-13-14-25-17-19-26(20-18-25)34(38)39)41-29(36)27-15-12-16-28(35)32-22-10-9-21-31(27)32/h17-20,27H,2-16,21-24H2,1H3. The van der Waals surface area contributed by atoms with Crippen LogP contribution in [-0.2, 0) is 25.6 Å². The van der Waals surface area contributed by atoms with Crippen LogP contribution in [0, 0.1) is 10.1 Å². The molecule has 0 radical (unpaired) electrons. The highest BCUT2D eigenvalue weighted by Crippen LogP contribution is 2.25. The molecule has 0 aromatic heterocycles. The predicted molar refractivity (Wildman–Crippen MR) is 153 cm³/mol. The molecule has 0 bridgehead atoms. The third-order valence-electron chi connectivity index (χ3n) is 7.71. The van der Waals surface area contributed by atoms with Gasteiger partial charge in [-0.15, -0.1) is 5.06 Å². The highest BCUT2D eigenvalue weighted by molar-refractivity contribution is 5.80. The zero-order valence-electron chi connectivity index (χ0n) is 24.5. The molecule has 11 nitrogen and oxygen atoms in total. The number of nitro benzene ring substituents is 1. The summed E-state index contributed by atoms with van der Waals surface area (Å²) in [5.74, 6) is -0.546. The van der Waals surface area contributed by atoms with E-state index >= 15 is 0 Å². The summed E-state index contributed by atoms with van der Waals surface area (Å²) in [6.45, 7) is 3.75. The average Bonchev–Trinajstić information content (AvgIpc) is 3.14. The van der Waals surface area contributed by atoms with Gasteiger partial charge in [0.15, 0.2) is 0 Å². The maximum absolute atomic E-state index is 13.4. The van der Waals surface area contributed by atoms with Crippen LogP contribution < -0.4 is 0 Å². The molecule has 1 aromatic carbocycles. The van der Waals surface area contributed by atoms with Crippen LogP contribution in [0.25, 0.3) is 0 Å². The molecule has 11 heteroatoms. The van der Waals surface area contributed by atoms with Crippen molar-refractivity contribution < 1.29 is 28.9 Å². The van der Waals surface area contributed by atoms with E-state index in [1.165, 1.54) is 44.2 Å². The Balaban J connectivity index is 1.55. The molecule has 0 N–H and O–H groups in total. The maximum Gasteiger partial charge on any atom is 0.443 e. The number of aryl methyl sites for hydroxylation is 1. The Morgan fingerprint density at radius 3 is 2.37 bits per heavy atom. The van der Waals surface area contributed by atoms with Crippen molar-refractivity contribution in [3.05, 3.63) is 39.9 Å². The fourth-order valence-corrected chi connectivity index (χ4v) is 5.36. The van der Waals surface area contributed by atoms with Crippen molar-refractivity contribution in [2.75, 3.05) is 26.2 Å². The molecule has 1 atom stereocenters. The van der Waals surface area contributed by atoms with Crippen LogP contribution in [0.15, 0.2) is 24.3 Å². The highest BCUT2D eigenvalue weighted by atomic mass is 16.8. The summed E-state index contributed by atoms with van der Waals surface area (Å²) in [4.78, 5) is 55.1. The van der Waals surface area contributed by atoms with Crippen LogP contribution in [0.5, 0.6) is 0 Å². The third-order valence-corrected chi connectivity index (χ3v) is 7.71. The van der Waals surface area contributed by atoms with Gasteiger partial charge in [0.2, 0.25) is 5.91 Å². The van der Waals surface area contributed by atoms with Gasteiger partial charge in [-0.05, 0) is 50.5 Å². The van der Waals surface area contributed by atoms with E-state index < -0.39 is 23.0 Å². The molecule has 3 rings (SSSR count). The van der Waals surface area contributed by atoms with Crippen LogP contribution in [-0.4, -0.2) is 70.3 Å². The largest absolute Gasteiger partial charge is 0.447 e. The van der Waals surface area contributed by atoms with Gasteiger partial charge in [-0.1, -0.05) is 64.0 Å². The van der Waals surface area contributed by atoms with Crippen molar-refractivity contribution in [3.63, 3.8) is 0 Å². The molecule has 0 aliphatic carbocycles. The summed E-state index contributed by atoms with van der Waals surface area (Å²) in [6, 6.07) is 5.62. The lowest BCUT2D eigenvalue weighted by molar-refractivity contribution is -0.384. The molecule has 2 aliphatic heterocycles. The van der Waals surface area contributed by atoms with Gasteiger partial charge in [0.25, 0.3) is 5.69 Å². The van der Waals surface area contributed by atoms with Gasteiger partial charge in [-0.2, -0.15) is 0 Å². The van der Waals surface area contributed by atoms with Crippen LogP contribution in [0.4, 0.5) is 10.5 Å². The van der Waals surface area contributed by atoms with E-state index in [9.17, 15) is 24.5 Å². The minimum absolute atomic E-state index is 0.0162. The zero-order valence-corrected chi connectivity index (χ0v) is 24.5. The van der Waals surface area contributed by atoms with Gasteiger partial charge < -0.3 is 9.57 Å². The number of carbonyl (C=O) groups excluding carboxylic acids is 3. The van der Waals surface area contributed by atoms with Crippen LogP contribution in [0.1, 0.15) is 102 Å². The molecule has 2 fully saturated rings.